The molecule has 0 saturated heterocycles. The fourth-order valence-electron chi connectivity index (χ4n) is 0.750. The molecule has 0 spiro atoms. The van der Waals surface area contributed by atoms with Crippen LogP contribution >= 0.6 is 36.2 Å². The first-order chi connectivity index (χ1) is 4.86. The van der Waals surface area contributed by atoms with E-state index in [0.29, 0.717) is 6.54 Å². The third-order valence-corrected chi connectivity index (χ3v) is 2.28. The summed E-state index contributed by atoms with van der Waals surface area (Å²) in [7, 11) is 0. The van der Waals surface area contributed by atoms with Crippen LogP contribution in [-0.4, -0.2) is 11.5 Å². The van der Waals surface area contributed by atoms with Gasteiger partial charge in [-0.3, -0.25) is 0 Å². The average Bonchev–Trinajstić information content (AvgIpc) is 2.37. The van der Waals surface area contributed by atoms with Gasteiger partial charge in [0.1, 0.15) is 0 Å². The first kappa shape index (κ1) is 14.7. The summed E-state index contributed by atoms with van der Waals surface area (Å²) in [5, 5.41) is 3.27. The Labute approximate surface area is 89.4 Å². The van der Waals surface area contributed by atoms with Crippen LogP contribution in [-0.2, 0) is 12.8 Å². The van der Waals surface area contributed by atoms with Gasteiger partial charge in [-0.2, -0.15) is 0 Å². The van der Waals surface area contributed by atoms with Crippen molar-refractivity contribution in [3.8, 4) is 0 Å². The standard InChI is InChI=1S/C7H12N2S.2ClH/c1-2-6-5-10-7(9-6)3-4-8;;/h5H,2-4,8H2,1H3;2*1H. The van der Waals surface area contributed by atoms with Gasteiger partial charge in [0.05, 0.1) is 10.7 Å². The first-order valence-electron chi connectivity index (χ1n) is 3.50. The lowest BCUT2D eigenvalue weighted by atomic mass is 10.4. The highest BCUT2D eigenvalue weighted by molar-refractivity contribution is 7.09. The van der Waals surface area contributed by atoms with Gasteiger partial charge in [0.15, 0.2) is 0 Å². The van der Waals surface area contributed by atoms with Crippen LogP contribution in [0.2, 0.25) is 0 Å². The summed E-state index contributed by atoms with van der Waals surface area (Å²) >= 11 is 1.71. The van der Waals surface area contributed by atoms with Crippen LogP contribution in [0.3, 0.4) is 0 Å². The Hall–Kier alpha value is 0.170. The van der Waals surface area contributed by atoms with E-state index in [-0.39, 0.29) is 24.8 Å². The molecule has 5 heteroatoms. The second-order valence-electron chi connectivity index (χ2n) is 2.12. The zero-order valence-corrected chi connectivity index (χ0v) is 9.40. The number of hydrogen-bond acceptors (Lipinski definition) is 3. The molecule has 0 unspecified atom stereocenters. The van der Waals surface area contributed by atoms with Crippen molar-refractivity contribution in [1.29, 1.82) is 0 Å². The highest BCUT2D eigenvalue weighted by Gasteiger charge is 1.97. The molecule has 1 aromatic heterocycles. The number of aryl methyl sites for hydroxylation is 1. The third kappa shape index (κ3) is 4.26. The lowest BCUT2D eigenvalue weighted by molar-refractivity contribution is 0.930. The van der Waals surface area contributed by atoms with Crippen molar-refractivity contribution in [2.75, 3.05) is 6.54 Å². The lowest BCUT2D eigenvalue weighted by Crippen LogP contribution is -2.02. The van der Waals surface area contributed by atoms with E-state index in [0.717, 1.165) is 12.8 Å². The molecule has 1 heterocycles. The Morgan fingerprint density at radius 2 is 2.17 bits per heavy atom. The quantitative estimate of drug-likeness (QED) is 0.861. The van der Waals surface area contributed by atoms with Gasteiger partial charge in [0, 0.05) is 11.8 Å². The maximum absolute atomic E-state index is 5.38. The maximum Gasteiger partial charge on any atom is 0.0940 e. The van der Waals surface area contributed by atoms with Gasteiger partial charge in [0.25, 0.3) is 0 Å². The molecule has 1 rings (SSSR count). The Morgan fingerprint density at radius 3 is 2.58 bits per heavy atom. The molecular formula is C7H14Cl2N2S. The number of nitrogens with zero attached hydrogens (tertiary/aromatic N) is 1. The smallest absolute Gasteiger partial charge is 0.0940 e. The molecule has 0 fully saturated rings. The average molecular weight is 229 g/mol. The maximum atomic E-state index is 5.38. The summed E-state index contributed by atoms with van der Waals surface area (Å²) in [5.74, 6) is 0. The lowest BCUT2D eigenvalue weighted by Gasteiger charge is -1.87. The Morgan fingerprint density at radius 1 is 1.50 bits per heavy atom. The molecule has 12 heavy (non-hydrogen) atoms. The fourth-order valence-corrected chi connectivity index (χ4v) is 1.65. The molecule has 0 aliphatic heterocycles. The molecule has 2 nitrogen and oxygen atoms in total. The summed E-state index contributed by atoms with van der Waals surface area (Å²) in [5.41, 5.74) is 6.57. The summed E-state index contributed by atoms with van der Waals surface area (Å²) in [4.78, 5) is 4.36. The highest BCUT2D eigenvalue weighted by atomic mass is 35.5. The number of nitrogens with two attached hydrogens (primary N) is 1. The molecule has 0 atom stereocenters. The van der Waals surface area contributed by atoms with Crippen LogP contribution in [0.15, 0.2) is 5.38 Å². The van der Waals surface area contributed by atoms with E-state index >= 15 is 0 Å². The second-order valence-corrected chi connectivity index (χ2v) is 3.07. The third-order valence-electron chi connectivity index (χ3n) is 1.32. The molecule has 0 aliphatic carbocycles. The highest BCUT2D eigenvalue weighted by Crippen LogP contribution is 2.09. The molecule has 0 saturated carbocycles. The molecule has 0 amide bonds. The Kier molecular flexibility index (Phi) is 9.54. The van der Waals surface area contributed by atoms with E-state index in [1.807, 2.05) is 0 Å². The largest absolute Gasteiger partial charge is 0.330 e. The van der Waals surface area contributed by atoms with Gasteiger partial charge in [-0.25, -0.2) is 4.98 Å². The van der Waals surface area contributed by atoms with Gasteiger partial charge in [-0.15, -0.1) is 36.2 Å². The van der Waals surface area contributed by atoms with Crippen LogP contribution in [0.5, 0.6) is 0 Å². The molecular weight excluding hydrogens is 215 g/mol. The Balaban J connectivity index is 0. The van der Waals surface area contributed by atoms with Crippen molar-refractivity contribution in [2.24, 2.45) is 5.73 Å². The number of halogens is 2. The van der Waals surface area contributed by atoms with Crippen LogP contribution in [0, 0.1) is 0 Å². The summed E-state index contributed by atoms with van der Waals surface area (Å²) in [6, 6.07) is 0. The molecule has 2 N–H and O–H groups in total. The van der Waals surface area contributed by atoms with Gasteiger partial charge >= 0.3 is 0 Å². The summed E-state index contributed by atoms with van der Waals surface area (Å²) in [6.45, 7) is 2.82. The van der Waals surface area contributed by atoms with Gasteiger partial charge in [0.2, 0.25) is 0 Å². The van der Waals surface area contributed by atoms with E-state index < -0.39 is 0 Å². The van der Waals surface area contributed by atoms with Crippen molar-refractivity contribution < 1.29 is 0 Å². The van der Waals surface area contributed by atoms with Gasteiger partial charge in [-0.05, 0) is 13.0 Å². The van der Waals surface area contributed by atoms with E-state index in [2.05, 4.69) is 17.3 Å². The van der Waals surface area contributed by atoms with Crippen molar-refractivity contribution in [1.82, 2.24) is 4.98 Å². The fraction of sp³-hybridized carbons (Fsp3) is 0.571. The topological polar surface area (TPSA) is 38.9 Å². The zero-order chi connectivity index (χ0) is 7.40. The first-order valence-corrected chi connectivity index (χ1v) is 4.38. The van der Waals surface area contributed by atoms with Gasteiger partial charge < -0.3 is 5.73 Å². The number of hydrogen-bond donors (Lipinski definition) is 1. The van der Waals surface area contributed by atoms with E-state index in [9.17, 15) is 0 Å². The second kappa shape index (κ2) is 7.80. The minimum atomic E-state index is 0. The van der Waals surface area contributed by atoms with E-state index in [4.69, 9.17) is 5.73 Å². The monoisotopic (exact) mass is 228 g/mol. The molecule has 0 bridgehead atoms. The van der Waals surface area contributed by atoms with Crippen LogP contribution in [0.25, 0.3) is 0 Å². The SMILES string of the molecule is CCc1csc(CCN)n1.Cl.Cl. The summed E-state index contributed by atoms with van der Waals surface area (Å²) in [6.07, 6.45) is 1.95. The number of aromatic nitrogens is 1. The molecule has 72 valence electrons. The molecule has 0 aromatic carbocycles. The van der Waals surface area contributed by atoms with Crippen molar-refractivity contribution in [3.05, 3.63) is 16.1 Å². The minimum Gasteiger partial charge on any atom is -0.330 e. The Bertz CT molecular complexity index is 203. The van der Waals surface area contributed by atoms with Crippen LogP contribution < -0.4 is 5.73 Å². The zero-order valence-electron chi connectivity index (χ0n) is 6.95. The normalized spacial score (nSPS) is 8.50. The van der Waals surface area contributed by atoms with Crippen molar-refractivity contribution >= 4 is 36.2 Å². The van der Waals surface area contributed by atoms with E-state index in [1.54, 1.807) is 11.3 Å². The molecule has 1 aromatic rings. The van der Waals surface area contributed by atoms with E-state index in [1.165, 1.54) is 10.7 Å². The van der Waals surface area contributed by atoms with Crippen molar-refractivity contribution in [3.63, 3.8) is 0 Å². The predicted molar refractivity (Wildman–Crippen MR) is 58.7 cm³/mol. The minimum absolute atomic E-state index is 0. The molecule has 0 aliphatic rings. The van der Waals surface area contributed by atoms with Gasteiger partial charge in [-0.1, -0.05) is 6.92 Å². The van der Waals surface area contributed by atoms with Crippen LogP contribution in [0.4, 0.5) is 0 Å². The summed E-state index contributed by atoms with van der Waals surface area (Å²) < 4.78 is 0. The molecule has 0 radical (unpaired) electrons. The number of thiazole rings is 1. The predicted octanol–water partition coefficient (Wildman–Crippen LogP) is 2.05. The number of rotatable bonds is 3. The van der Waals surface area contributed by atoms with Crippen molar-refractivity contribution in [2.45, 2.75) is 19.8 Å². The van der Waals surface area contributed by atoms with Crippen LogP contribution in [0.1, 0.15) is 17.6 Å².